The molecule has 2 fully saturated rings. The van der Waals surface area contributed by atoms with E-state index in [1.54, 1.807) is 12.3 Å². The number of carbonyl (C=O) groups is 1. The van der Waals surface area contributed by atoms with E-state index in [1.165, 1.54) is 41.7 Å². The highest BCUT2D eigenvalue weighted by molar-refractivity contribution is 8.01. The van der Waals surface area contributed by atoms with E-state index in [9.17, 15) is 9.18 Å². The fourth-order valence-corrected chi connectivity index (χ4v) is 5.17. The monoisotopic (exact) mass is 349 g/mol. The fourth-order valence-electron chi connectivity index (χ4n) is 3.27. The molecule has 2 saturated heterocycles. The zero-order chi connectivity index (χ0) is 15.8. The number of rotatable bonds is 4. The standard InChI is InChI=1S/C16H16FN3OS2/c17-9-2-1-3-11(6-9)22-14-8-18-16(23-14)15(21)20-13-7-10-4-5-12(13)19-10/h1-3,6,8,10,12-13,19H,4-5,7H2,(H,20,21). The first-order valence-electron chi connectivity index (χ1n) is 7.63. The molecule has 1 aromatic heterocycles. The summed E-state index contributed by atoms with van der Waals surface area (Å²) in [5.41, 5.74) is 0. The lowest BCUT2D eigenvalue weighted by Crippen LogP contribution is -2.42. The van der Waals surface area contributed by atoms with Gasteiger partial charge in [-0.1, -0.05) is 17.8 Å². The molecule has 4 nitrogen and oxygen atoms in total. The average Bonchev–Trinajstić information content (AvgIpc) is 3.23. The summed E-state index contributed by atoms with van der Waals surface area (Å²) in [4.78, 5) is 17.4. The van der Waals surface area contributed by atoms with Crippen LogP contribution in [-0.2, 0) is 0 Å². The Kier molecular flexibility index (Phi) is 4.09. The molecule has 2 N–H and O–H groups in total. The third-order valence-corrected chi connectivity index (χ3v) is 6.40. The highest BCUT2D eigenvalue weighted by Crippen LogP contribution is 2.33. The molecular weight excluding hydrogens is 333 g/mol. The highest BCUT2D eigenvalue weighted by Gasteiger charge is 2.39. The van der Waals surface area contributed by atoms with Gasteiger partial charge in [0.05, 0.1) is 10.4 Å². The number of hydrogen-bond donors (Lipinski definition) is 2. The first-order valence-corrected chi connectivity index (χ1v) is 9.27. The Labute approximate surface area is 141 Å². The summed E-state index contributed by atoms with van der Waals surface area (Å²) < 4.78 is 14.1. The number of nitrogens with zero attached hydrogens (tertiary/aromatic N) is 1. The second kappa shape index (κ2) is 6.22. The number of nitrogens with one attached hydrogen (secondary N) is 2. The first kappa shape index (κ1) is 15.1. The number of amides is 1. The lowest BCUT2D eigenvalue weighted by atomic mass is 9.95. The van der Waals surface area contributed by atoms with Gasteiger partial charge in [0.1, 0.15) is 5.82 Å². The Bertz CT molecular complexity index is 736. The van der Waals surface area contributed by atoms with Crippen LogP contribution in [0.2, 0.25) is 0 Å². The van der Waals surface area contributed by atoms with E-state index >= 15 is 0 Å². The highest BCUT2D eigenvalue weighted by atomic mass is 32.2. The summed E-state index contributed by atoms with van der Waals surface area (Å²) in [7, 11) is 0. The van der Waals surface area contributed by atoms with Gasteiger partial charge in [-0.2, -0.15) is 0 Å². The minimum absolute atomic E-state index is 0.111. The van der Waals surface area contributed by atoms with Crippen molar-refractivity contribution < 1.29 is 9.18 Å². The lowest BCUT2D eigenvalue weighted by molar-refractivity contribution is 0.0930. The summed E-state index contributed by atoms with van der Waals surface area (Å²) in [5, 5.41) is 7.06. The lowest BCUT2D eigenvalue weighted by Gasteiger charge is -2.20. The molecular formula is C16H16FN3OS2. The van der Waals surface area contributed by atoms with Gasteiger partial charge in [-0.3, -0.25) is 4.79 Å². The van der Waals surface area contributed by atoms with E-state index in [1.807, 2.05) is 6.07 Å². The molecule has 2 bridgehead atoms. The van der Waals surface area contributed by atoms with E-state index in [0.717, 1.165) is 21.9 Å². The molecule has 3 unspecified atom stereocenters. The van der Waals surface area contributed by atoms with Gasteiger partial charge in [0, 0.05) is 23.0 Å². The SMILES string of the molecule is O=C(NC1CC2CCC1N2)c1ncc(Sc2cccc(F)c2)s1. The first-order chi connectivity index (χ1) is 11.2. The molecule has 120 valence electrons. The zero-order valence-electron chi connectivity index (χ0n) is 12.3. The molecule has 0 radical (unpaired) electrons. The third-order valence-electron chi connectivity index (χ3n) is 4.31. The Morgan fingerprint density at radius 1 is 1.43 bits per heavy atom. The van der Waals surface area contributed by atoms with Gasteiger partial charge in [0.2, 0.25) is 0 Å². The zero-order valence-corrected chi connectivity index (χ0v) is 13.9. The quantitative estimate of drug-likeness (QED) is 0.891. The van der Waals surface area contributed by atoms with Crippen LogP contribution in [0.4, 0.5) is 4.39 Å². The average molecular weight is 349 g/mol. The predicted molar refractivity (Wildman–Crippen MR) is 88.5 cm³/mol. The molecule has 3 heterocycles. The summed E-state index contributed by atoms with van der Waals surface area (Å²) >= 11 is 2.76. The van der Waals surface area contributed by atoms with Crippen molar-refractivity contribution in [3.05, 3.63) is 41.3 Å². The van der Waals surface area contributed by atoms with Crippen LogP contribution in [0.15, 0.2) is 39.6 Å². The molecule has 23 heavy (non-hydrogen) atoms. The van der Waals surface area contributed by atoms with Crippen molar-refractivity contribution in [2.45, 2.75) is 46.5 Å². The van der Waals surface area contributed by atoms with Gasteiger partial charge in [-0.25, -0.2) is 9.37 Å². The second-order valence-corrected chi connectivity index (χ2v) is 8.31. The Morgan fingerprint density at radius 2 is 2.35 bits per heavy atom. The largest absolute Gasteiger partial charge is 0.346 e. The maximum Gasteiger partial charge on any atom is 0.280 e. The van der Waals surface area contributed by atoms with Crippen molar-refractivity contribution in [1.29, 1.82) is 0 Å². The number of hydrogen-bond acceptors (Lipinski definition) is 5. The molecule has 2 aliphatic rings. The molecule has 1 aromatic carbocycles. The van der Waals surface area contributed by atoms with E-state index in [0.29, 0.717) is 17.1 Å². The van der Waals surface area contributed by atoms with Gasteiger partial charge >= 0.3 is 0 Å². The number of aromatic nitrogens is 1. The maximum atomic E-state index is 13.2. The van der Waals surface area contributed by atoms with Crippen LogP contribution in [0.3, 0.4) is 0 Å². The van der Waals surface area contributed by atoms with Gasteiger partial charge < -0.3 is 10.6 Å². The molecule has 2 aromatic rings. The molecule has 0 saturated carbocycles. The van der Waals surface area contributed by atoms with Gasteiger partial charge in [0.25, 0.3) is 5.91 Å². The summed E-state index contributed by atoms with van der Waals surface area (Å²) in [6.07, 6.45) is 5.03. The van der Waals surface area contributed by atoms with Crippen LogP contribution in [0.1, 0.15) is 29.1 Å². The van der Waals surface area contributed by atoms with Crippen LogP contribution in [-0.4, -0.2) is 29.0 Å². The van der Waals surface area contributed by atoms with Crippen molar-refractivity contribution in [3.63, 3.8) is 0 Å². The van der Waals surface area contributed by atoms with Crippen molar-refractivity contribution in [3.8, 4) is 0 Å². The topological polar surface area (TPSA) is 54.0 Å². The van der Waals surface area contributed by atoms with Crippen LogP contribution in [0.5, 0.6) is 0 Å². The van der Waals surface area contributed by atoms with Gasteiger partial charge in [-0.05, 0) is 37.5 Å². The molecule has 2 aliphatic heterocycles. The summed E-state index contributed by atoms with van der Waals surface area (Å²) in [5.74, 6) is -0.373. The van der Waals surface area contributed by atoms with E-state index in [2.05, 4.69) is 15.6 Å². The number of benzene rings is 1. The predicted octanol–water partition coefficient (Wildman–Crippen LogP) is 3.06. The van der Waals surface area contributed by atoms with Crippen molar-refractivity contribution in [2.75, 3.05) is 0 Å². The number of fused-ring (bicyclic) bond motifs is 2. The van der Waals surface area contributed by atoms with E-state index in [-0.39, 0.29) is 17.8 Å². The van der Waals surface area contributed by atoms with Gasteiger partial charge in [-0.15, -0.1) is 11.3 Å². The minimum atomic E-state index is -0.263. The fraction of sp³-hybridized carbons (Fsp3) is 0.375. The molecule has 4 rings (SSSR count). The molecule has 1 amide bonds. The molecule has 3 atom stereocenters. The van der Waals surface area contributed by atoms with Crippen LogP contribution in [0.25, 0.3) is 0 Å². The number of carbonyl (C=O) groups excluding carboxylic acids is 1. The summed E-state index contributed by atoms with van der Waals surface area (Å²) in [6.45, 7) is 0. The van der Waals surface area contributed by atoms with E-state index in [4.69, 9.17) is 0 Å². The molecule has 0 spiro atoms. The Balaban J connectivity index is 1.40. The number of halogens is 1. The van der Waals surface area contributed by atoms with Crippen LogP contribution >= 0.6 is 23.1 Å². The van der Waals surface area contributed by atoms with Crippen LogP contribution in [0, 0.1) is 5.82 Å². The van der Waals surface area contributed by atoms with Crippen molar-refractivity contribution in [1.82, 2.24) is 15.6 Å². The molecule has 0 aliphatic carbocycles. The Morgan fingerprint density at radius 3 is 3.09 bits per heavy atom. The number of thiazole rings is 1. The smallest absolute Gasteiger partial charge is 0.280 e. The minimum Gasteiger partial charge on any atom is -0.346 e. The van der Waals surface area contributed by atoms with Crippen molar-refractivity contribution in [2.24, 2.45) is 0 Å². The van der Waals surface area contributed by atoms with Crippen LogP contribution < -0.4 is 10.6 Å². The van der Waals surface area contributed by atoms with Crippen molar-refractivity contribution >= 4 is 29.0 Å². The van der Waals surface area contributed by atoms with E-state index < -0.39 is 0 Å². The van der Waals surface area contributed by atoms with Gasteiger partial charge in [0.15, 0.2) is 5.01 Å². The normalized spacial score (nSPS) is 25.7. The third kappa shape index (κ3) is 3.27. The summed E-state index contributed by atoms with van der Waals surface area (Å²) in [6, 6.07) is 7.59. The molecule has 7 heteroatoms. The second-order valence-electron chi connectivity index (χ2n) is 5.91. The maximum absolute atomic E-state index is 13.2. The Hall–Kier alpha value is -1.44.